The summed E-state index contributed by atoms with van der Waals surface area (Å²) >= 11 is 6.21. The summed E-state index contributed by atoms with van der Waals surface area (Å²) < 4.78 is 25.1. The number of hydrogen-bond donors (Lipinski definition) is 2. The molecule has 21 heavy (non-hydrogen) atoms. The first-order valence-electron chi connectivity index (χ1n) is 7.39. The van der Waals surface area contributed by atoms with Crippen LogP contribution >= 0.6 is 11.6 Å². The van der Waals surface area contributed by atoms with Crippen molar-refractivity contribution in [1.29, 1.82) is 0 Å². The standard InChI is InChI=1S/C15H23ClN2O2S/c1-11(12-6-4-3-5-7-12)17-15-10-13(8-9-14(15)16)18-21(2,19)20/h8-12,17-18H,3-7H2,1-2H3. The van der Waals surface area contributed by atoms with E-state index in [1.54, 1.807) is 18.2 Å². The van der Waals surface area contributed by atoms with Gasteiger partial charge in [0.25, 0.3) is 0 Å². The summed E-state index contributed by atoms with van der Waals surface area (Å²) in [4.78, 5) is 0. The van der Waals surface area contributed by atoms with Crippen molar-refractivity contribution in [3.63, 3.8) is 0 Å². The molecule has 0 saturated heterocycles. The van der Waals surface area contributed by atoms with Crippen LogP contribution in [0.25, 0.3) is 0 Å². The van der Waals surface area contributed by atoms with Gasteiger partial charge in [0.1, 0.15) is 0 Å². The van der Waals surface area contributed by atoms with E-state index in [0.29, 0.717) is 22.7 Å². The minimum atomic E-state index is -3.28. The van der Waals surface area contributed by atoms with Gasteiger partial charge in [-0.3, -0.25) is 4.72 Å². The molecule has 1 aromatic carbocycles. The van der Waals surface area contributed by atoms with Crippen LogP contribution < -0.4 is 10.0 Å². The highest BCUT2D eigenvalue weighted by Gasteiger charge is 2.20. The molecule has 2 N–H and O–H groups in total. The van der Waals surface area contributed by atoms with E-state index in [-0.39, 0.29) is 0 Å². The fourth-order valence-corrected chi connectivity index (χ4v) is 3.64. The van der Waals surface area contributed by atoms with Crippen LogP contribution in [0.15, 0.2) is 18.2 Å². The van der Waals surface area contributed by atoms with E-state index in [1.165, 1.54) is 32.1 Å². The van der Waals surface area contributed by atoms with Gasteiger partial charge in [0.15, 0.2) is 0 Å². The Labute approximate surface area is 132 Å². The molecular formula is C15H23ClN2O2S. The van der Waals surface area contributed by atoms with Gasteiger partial charge in [0.2, 0.25) is 10.0 Å². The number of anilines is 2. The highest BCUT2D eigenvalue weighted by atomic mass is 35.5. The lowest BCUT2D eigenvalue weighted by molar-refractivity contribution is 0.328. The highest BCUT2D eigenvalue weighted by molar-refractivity contribution is 7.92. The van der Waals surface area contributed by atoms with E-state index in [1.807, 2.05) is 0 Å². The van der Waals surface area contributed by atoms with Gasteiger partial charge in [0.05, 0.1) is 22.7 Å². The van der Waals surface area contributed by atoms with Crippen molar-refractivity contribution < 1.29 is 8.42 Å². The molecule has 1 atom stereocenters. The molecule has 0 amide bonds. The Morgan fingerprint density at radius 2 is 1.90 bits per heavy atom. The second kappa shape index (κ2) is 6.88. The molecule has 0 heterocycles. The summed E-state index contributed by atoms with van der Waals surface area (Å²) in [6.07, 6.45) is 7.54. The van der Waals surface area contributed by atoms with Gasteiger partial charge < -0.3 is 5.32 Å². The molecule has 4 nitrogen and oxygen atoms in total. The number of hydrogen-bond acceptors (Lipinski definition) is 3. The molecule has 1 saturated carbocycles. The molecule has 1 unspecified atom stereocenters. The average molecular weight is 331 g/mol. The number of nitrogens with one attached hydrogen (secondary N) is 2. The van der Waals surface area contributed by atoms with Crippen LogP contribution in [0.3, 0.4) is 0 Å². The van der Waals surface area contributed by atoms with Crippen LogP contribution in [0.1, 0.15) is 39.0 Å². The normalized spacial score (nSPS) is 18.2. The maximum atomic E-state index is 11.3. The lowest BCUT2D eigenvalue weighted by Gasteiger charge is -2.29. The number of halogens is 1. The van der Waals surface area contributed by atoms with Gasteiger partial charge in [-0.25, -0.2) is 8.42 Å². The molecule has 2 rings (SSSR count). The third-order valence-corrected chi connectivity index (χ3v) is 4.95. The van der Waals surface area contributed by atoms with Crippen molar-refractivity contribution in [3.05, 3.63) is 23.2 Å². The second-order valence-corrected chi connectivity index (χ2v) is 8.06. The van der Waals surface area contributed by atoms with Crippen molar-refractivity contribution in [2.45, 2.75) is 45.1 Å². The predicted octanol–water partition coefficient (Wildman–Crippen LogP) is 4.09. The first kappa shape index (κ1) is 16.4. The summed E-state index contributed by atoms with van der Waals surface area (Å²) in [5.74, 6) is 0.654. The largest absolute Gasteiger partial charge is 0.381 e. The zero-order valence-electron chi connectivity index (χ0n) is 12.5. The summed E-state index contributed by atoms with van der Waals surface area (Å²) in [7, 11) is -3.28. The Balaban J connectivity index is 2.09. The van der Waals surface area contributed by atoms with Crippen LogP contribution in [0.4, 0.5) is 11.4 Å². The minimum absolute atomic E-state index is 0.330. The highest BCUT2D eigenvalue weighted by Crippen LogP contribution is 2.31. The lowest BCUT2D eigenvalue weighted by atomic mass is 9.84. The maximum absolute atomic E-state index is 11.3. The fraction of sp³-hybridized carbons (Fsp3) is 0.600. The third-order valence-electron chi connectivity index (χ3n) is 4.01. The van der Waals surface area contributed by atoms with Crippen molar-refractivity contribution >= 4 is 33.0 Å². The second-order valence-electron chi connectivity index (χ2n) is 5.90. The third kappa shape index (κ3) is 5.08. The predicted molar refractivity (Wildman–Crippen MR) is 89.6 cm³/mol. The molecule has 1 aromatic rings. The van der Waals surface area contributed by atoms with Gasteiger partial charge in [-0.1, -0.05) is 30.9 Å². The van der Waals surface area contributed by atoms with Crippen LogP contribution in [-0.2, 0) is 10.0 Å². The first-order chi connectivity index (χ1) is 9.85. The van der Waals surface area contributed by atoms with Crippen molar-refractivity contribution in [1.82, 2.24) is 0 Å². The van der Waals surface area contributed by atoms with E-state index in [4.69, 9.17) is 11.6 Å². The molecular weight excluding hydrogens is 308 g/mol. The summed E-state index contributed by atoms with van der Waals surface area (Å²) in [5, 5.41) is 4.05. The monoisotopic (exact) mass is 330 g/mol. The first-order valence-corrected chi connectivity index (χ1v) is 9.66. The van der Waals surface area contributed by atoms with Gasteiger partial charge in [0, 0.05) is 6.04 Å². The van der Waals surface area contributed by atoms with Crippen LogP contribution in [-0.4, -0.2) is 20.7 Å². The Kier molecular flexibility index (Phi) is 5.38. The van der Waals surface area contributed by atoms with E-state index in [9.17, 15) is 8.42 Å². The van der Waals surface area contributed by atoms with Gasteiger partial charge in [-0.15, -0.1) is 0 Å². The molecule has 1 aliphatic rings. The number of benzene rings is 1. The zero-order valence-corrected chi connectivity index (χ0v) is 14.1. The Hall–Kier alpha value is -0.940. The Morgan fingerprint density at radius 3 is 2.52 bits per heavy atom. The van der Waals surface area contributed by atoms with Crippen molar-refractivity contribution in [2.75, 3.05) is 16.3 Å². The molecule has 0 bridgehead atoms. The van der Waals surface area contributed by atoms with E-state index < -0.39 is 10.0 Å². The summed E-state index contributed by atoms with van der Waals surface area (Å²) in [5.41, 5.74) is 1.31. The average Bonchev–Trinajstić information content (AvgIpc) is 2.42. The number of rotatable bonds is 5. The topological polar surface area (TPSA) is 58.2 Å². The fourth-order valence-electron chi connectivity index (χ4n) is 2.91. The Morgan fingerprint density at radius 1 is 1.24 bits per heavy atom. The zero-order chi connectivity index (χ0) is 15.5. The lowest BCUT2D eigenvalue weighted by Crippen LogP contribution is -2.27. The van der Waals surface area contributed by atoms with Gasteiger partial charge in [-0.05, 0) is 43.9 Å². The van der Waals surface area contributed by atoms with Crippen molar-refractivity contribution in [2.24, 2.45) is 5.92 Å². The molecule has 6 heteroatoms. The molecule has 0 spiro atoms. The van der Waals surface area contributed by atoms with E-state index in [0.717, 1.165) is 11.9 Å². The van der Waals surface area contributed by atoms with Crippen LogP contribution in [0.2, 0.25) is 5.02 Å². The minimum Gasteiger partial charge on any atom is -0.381 e. The Bertz CT molecular complexity index is 583. The quantitative estimate of drug-likeness (QED) is 0.854. The summed E-state index contributed by atoms with van der Waals surface area (Å²) in [6.45, 7) is 2.17. The molecule has 0 aliphatic heterocycles. The van der Waals surface area contributed by atoms with Crippen LogP contribution in [0.5, 0.6) is 0 Å². The SMILES string of the molecule is CC(Nc1cc(NS(C)(=O)=O)ccc1Cl)C1CCCCC1. The maximum Gasteiger partial charge on any atom is 0.229 e. The molecule has 118 valence electrons. The number of sulfonamides is 1. The molecule has 0 aromatic heterocycles. The van der Waals surface area contributed by atoms with Crippen LogP contribution in [0, 0.1) is 5.92 Å². The smallest absolute Gasteiger partial charge is 0.229 e. The van der Waals surface area contributed by atoms with Gasteiger partial charge >= 0.3 is 0 Å². The summed E-state index contributed by atoms with van der Waals surface area (Å²) in [6, 6.07) is 5.46. The molecule has 1 aliphatic carbocycles. The van der Waals surface area contributed by atoms with Crippen molar-refractivity contribution in [3.8, 4) is 0 Å². The molecule has 1 fully saturated rings. The van der Waals surface area contributed by atoms with E-state index in [2.05, 4.69) is 17.0 Å². The molecule has 0 radical (unpaired) electrons. The van der Waals surface area contributed by atoms with E-state index >= 15 is 0 Å². The van der Waals surface area contributed by atoms with Gasteiger partial charge in [-0.2, -0.15) is 0 Å².